The average molecular weight is 460 g/mol. The van der Waals surface area contributed by atoms with Gasteiger partial charge in [-0.2, -0.15) is 13.2 Å². The molecule has 1 heterocycles. The van der Waals surface area contributed by atoms with Crippen molar-refractivity contribution in [1.82, 2.24) is 4.57 Å². The van der Waals surface area contributed by atoms with Crippen LogP contribution >= 0.6 is 0 Å². The second kappa shape index (κ2) is 11.9. The van der Waals surface area contributed by atoms with Gasteiger partial charge in [-0.15, -0.1) is 0 Å². The highest BCUT2D eigenvalue weighted by Gasteiger charge is 2.31. The van der Waals surface area contributed by atoms with Crippen LogP contribution < -0.4 is 0 Å². The van der Waals surface area contributed by atoms with Gasteiger partial charge in [-0.1, -0.05) is 96.3 Å². The Morgan fingerprint density at radius 3 is 1.94 bits per heavy atom. The van der Waals surface area contributed by atoms with E-state index in [1.807, 2.05) is 6.07 Å². The van der Waals surface area contributed by atoms with Crippen LogP contribution in [-0.4, -0.2) is 4.57 Å². The summed E-state index contributed by atoms with van der Waals surface area (Å²) in [6, 6.07) is 10.7. The van der Waals surface area contributed by atoms with Crippen LogP contribution in [0.5, 0.6) is 0 Å². The quantitative estimate of drug-likeness (QED) is 0.224. The van der Waals surface area contributed by atoms with Gasteiger partial charge >= 0.3 is 6.18 Å². The number of rotatable bonds is 13. The Morgan fingerprint density at radius 2 is 1.36 bits per heavy atom. The summed E-state index contributed by atoms with van der Waals surface area (Å²) >= 11 is 0. The Bertz CT molecular complexity index is 1000. The molecule has 4 heteroatoms. The maximum atomic E-state index is 13.6. The lowest BCUT2D eigenvalue weighted by molar-refractivity contribution is -0.137. The van der Waals surface area contributed by atoms with Gasteiger partial charge in [0.25, 0.3) is 0 Å². The molecule has 33 heavy (non-hydrogen) atoms. The number of fused-ring (bicyclic) bond motifs is 3. The highest BCUT2D eigenvalue weighted by atomic mass is 19.4. The van der Waals surface area contributed by atoms with Crippen molar-refractivity contribution in [1.29, 1.82) is 0 Å². The van der Waals surface area contributed by atoms with Crippen LogP contribution in [-0.2, 0) is 6.18 Å². The topological polar surface area (TPSA) is 4.93 Å². The van der Waals surface area contributed by atoms with Gasteiger partial charge in [0.05, 0.1) is 5.56 Å². The third-order valence-electron chi connectivity index (χ3n) is 7.01. The lowest BCUT2D eigenvalue weighted by Gasteiger charge is -2.22. The summed E-state index contributed by atoms with van der Waals surface area (Å²) < 4.78 is 43.1. The van der Waals surface area contributed by atoms with E-state index in [2.05, 4.69) is 37.5 Å². The third kappa shape index (κ3) is 6.33. The number of halogens is 3. The van der Waals surface area contributed by atoms with Crippen molar-refractivity contribution in [2.45, 2.75) is 110 Å². The zero-order chi connectivity index (χ0) is 23.8. The Morgan fingerprint density at radius 1 is 0.758 bits per heavy atom. The molecule has 0 atom stereocenters. The summed E-state index contributed by atoms with van der Waals surface area (Å²) in [5.74, 6) is 0. The average Bonchev–Trinajstić information content (AvgIpc) is 3.11. The first-order valence-electron chi connectivity index (χ1n) is 13.0. The van der Waals surface area contributed by atoms with Crippen LogP contribution in [0.1, 0.15) is 108 Å². The van der Waals surface area contributed by atoms with Crippen LogP contribution in [0.4, 0.5) is 13.2 Å². The first-order chi connectivity index (χ1) is 15.9. The molecule has 0 saturated carbocycles. The largest absolute Gasteiger partial charge is 0.416 e. The van der Waals surface area contributed by atoms with Gasteiger partial charge in [0.1, 0.15) is 0 Å². The summed E-state index contributed by atoms with van der Waals surface area (Å²) in [6.45, 7) is 6.50. The molecule has 0 radical (unpaired) electrons. The van der Waals surface area contributed by atoms with Gasteiger partial charge in [-0.25, -0.2) is 0 Å². The number of aryl methyl sites for hydroxylation is 1. The van der Waals surface area contributed by atoms with Crippen molar-refractivity contribution in [3.63, 3.8) is 0 Å². The van der Waals surface area contributed by atoms with E-state index < -0.39 is 11.7 Å². The maximum absolute atomic E-state index is 13.6. The third-order valence-corrected chi connectivity index (χ3v) is 7.01. The van der Waals surface area contributed by atoms with E-state index >= 15 is 0 Å². The van der Waals surface area contributed by atoms with Crippen LogP contribution in [0, 0.1) is 6.92 Å². The van der Waals surface area contributed by atoms with E-state index in [-0.39, 0.29) is 6.04 Å². The first kappa shape index (κ1) is 25.6. The van der Waals surface area contributed by atoms with Gasteiger partial charge < -0.3 is 4.57 Å². The molecule has 2 aromatic carbocycles. The fourth-order valence-corrected chi connectivity index (χ4v) is 5.21. The molecule has 3 rings (SSSR count). The Labute approximate surface area is 197 Å². The van der Waals surface area contributed by atoms with Crippen molar-refractivity contribution >= 4 is 21.8 Å². The molecular weight excluding hydrogens is 419 g/mol. The summed E-state index contributed by atoms with van der Waals surface area (Å²) in [4.78, 5) is 0. The molecule has 0 aliphatic carbocycles. The molecule has 0 aliphatic heterocycles. The van der Waals surface area contributed by atoms with Crippen molar-refractivity contribution in [3.05, 3.63) is 47.5 Å². The molecule has 1 nitrogen and oxygen atoms in total. The van der Waals surface area contributed by atoms with Gasteiger partial charge in [0, 0.05) is 27.8 Å². The molecule has 1 aromatic heterocycles. The van der Waals surface area contributed by atoms with E-state index in [4.69, 9.17) is 0 Å². The second-order valence-electron chi connectivity index (χ2n) is 9.63. The van der Waals surface area contributed by atoms with Gasteiger partial charge in [0.2, 0.25) is 0 Å². The smallest absolute Gasteiger partial charge is 0.337 e. The number of hydrogen-bond acceptors (Lipinski definition) is 0. The predicted molar refractivity (Wildman–Crippen MR) is 135 cm³/mol. The van der Waals surface area contributed by atoms with Crippen LogP contribution in [0.3, 0.4) is 0 Å². The number of alkyl halides is 3. The second-order valence-corrected chi connectivity index (χ2v) is 9.63. The number of nitrogens with zero attached hydrogens (tertiary/aromatic N) is 1. The molecule has 3 aromatic rings. The van der Waals surface area contributed by atoms with Crippen molar-refractivity contribution < 1.29 is 13.2 Å². The molecular formula is C29H40F3N. The van der Waals surface area contributed by atoms with Crippen molar-refractivity contribution in [3.8, 4) is 0 Å². The minimum Gasteiger partial charge on any atom is -0.337 e. The molecule has 182 valence electrons. The first-order valence-corrected chi connectivity index (χ1v) is 13.0. The molecule has 0 aliphatic rings. The summed E-state index contributed by atoms with van der Waals surface area (Å²) in [7, 11) is 0. The molecule has 0 unspecified atom stereocenters. The van der Waals surface area contributed by atoms with E-state index in [1.165, 1.54) is 63.5 Å². The monoisotopic (exact) mass is 459 g/mol. The molecule has 0 fully saturated rings. The Kier molecular flexibility index (Phi) is 9.28. The highest BCUT2D eigenvalue weighted by molar-refractivity contribution is 6.10. The van der Waals surface area contributed by atoms with Gasteiger partial charge in [-0.05, 0) is 43.5 Å². The zero-order valence-electron chi connectivity index (χ0n) is 20.6. The van der Waals surface area contributed by atoms with Crippen molar-refractivity contribution in [2.24, 2.45) is 0 Å². The van der Waals surface area contributed by atoms with Crippen molar-refractivity contribution in [2.75, 3.05) is 0 Å². The Hall–Kier alpha value is -1.97. The van der Waals surface area contributed by atoms with Gasteiger partial charge in [-0.3, -0.25) is 0 Å². The minimum atomic E-state index is -4.33. The van der Waals surface area contributed by atoms with Crippen LogP contribution in [0.2, 0.25) is 0 Å². The fraction of sp³-hybridized carbons (Fsp3) is 0.586. The summed E-state index contributed by atoms with van der Waals surface area (Å²) in [6.07, 6.45) is 9.80. The molecule has 0 amide bonds. The number of unbranched alkanes of at least 4 members (excludes halogenated alkanes) is 8. The zero-order valence-corrected chi connectivity index (χ0v) is 20.6. The van der Waals surface area contributed by atoms with E-state index in [9.17, 15) is 13.2 Å². The normalized spacial score (nSPS) is 12.5. The Balaban J connectivity index is 2.02. The lowest BCUT2D eigenvalue weighted by atomic mass is 9.99. The molecule has 0 saturated heterocycles. The fourth-order valence-electron chi connectivity index (χ4n) is 5.21. The molecule has 0 N–H and O–H groups in total. The minimum absolute atomic E-state index is 0.235. The van der Waals surface area contributed by atoms with Crippen LogP contribution in [0.25, 0.3) is 21.8 Å². The standard InChI is InChI=1S/C29H40F3N/c1-4-6-8-10-12-16-24(17-13-11-9-7-5-2)33-26-18-14-15-22(3)28(26)25-20-19-23(21-27(25)33)29(30,31)32/h14-15,18-21,24H,4-13,16-17H2,1-3H3. The SMILES string of the molecule is CCCCCCCC(CCCCCCC)n1c2cc(C(F)(F)F)ccc2c2c(C)cccc21. The summed E-state index contributed by atoms with van der Waals surface area (Å²) in [5.41, 5.74) is 2.39. The van der Waals surface area contributed by atoms with Gasteiger partial charge in [0.15, 0.2) is 0 Å². The van der Waals surface area contributed by atoms with E-state index in [0.29, 0.717) is 0 Å². The molecule has 0 bridgehead atoms. The highest BCUT2D eigenvalue weighted by Crippen LogP contribution is 2.40. The predicted octanol–water partition coefficient (Wildman–Crippen LogP) is 10.4. The van der Waals surface area contributed by atoms with Crippen LogP contribution in [0.15, 0.2) is 36.4 Å². The number of benzene rings is 2. The lowest BCUT2D eigenvalue weighted by Crippen LogP contribution is -2.11. The molecule has 0 spiro atoms. The van der Waals surface area contributed by atoms with E-state index in [0.717, 1.165) is 53.1 Å². The number of aromatic nitrogens is 1. The van der Waals surface area contributed by atoms with E-state index in [1.54, 1.807) is 6.07 Å². The number of hydrogen-bond donors (Lipinski definition) is 0. The summed E-state index contributed by atoms with van der Waals surface area (Å²) in [5, 5.41) is 2.04. The maximum Gasteiger partial charge on any atom is 0.416 e.